The number of piperidine rings is 2. The third-order valence-corrected chi connectivity index (χ3v) is 6.22. The van der Waals surface area contributed by atoms with Crippen molar-refractivity contribution in [3.05, 3.63) is 0 Å². The molecule has 9 nitrogen and oxygen atoms in total. The van der Waals surface area contributed by atoms with E-state index in [9.17, 15) is 14.4 Å². The molecular weight excluding hydrogens is 445 g/mol. The van der Waals surface area contributed by atoms with Crippen molar-refractivity contribution in [3.8, 4) is 0 Å². The number of hydrogen-bond donors (Lipinski definition) is 3. The van der Waals surface area contributed by atoms with Crippen molar-refractivity contribution < 1.29 is 19.1 Å². The molecular formula is C20H37Cl2N5O4. The Morgan fingerprint density at radius 3 is 2.06 bits per heavy atom. The number of amides is 2. The Hall–Kier alpha value is -1.13. The summed E-state index contributed by atoms with van der Waals surface area (Å²) in [6.07, 6.45) is 3.04. The number of nitrogens with one attached hydrogen (secondary N) is 3. The standard InChI is InChI=1S/C20H35N5O4.2ClH/c1-15(29-18(26)14-23-19(27)16-2-6-21-7-3-16)20(28)25-12-10-24(11-13-25)17-4-8-22-9-5-17;;/h15-17,21-22H,2-14H2,1H3,(H,23,27);2*1H. The van der Waals surface area contributed by atoms with Gasteiger partial charge in [0, 0.05) is 38.1 Å². The molecule has 0 spiro atoms. The largest absolute Gasteiger partial charge is 0.451 e. The van der Waals surface area contributed by atoms with E-state index in [2.05, 4.69) is 20.9 Å². The average Bonchev–Trinajstić information content (AvgIpc) is 2.78. The van der Waals surface area contributed by atoms with Gasteiger partial charge in [-0.1, -0.05) is 0 Å². The van der Waals surface area contributed by atoms with Gasteiger partial charge < -0.3 is 25.6 Å². The Bertz CT molecular complexity index is 578. The Balaban J connectivity index is 0.00000240. The Morgan fingerprint density at radius 2 is 1.48 bits per heavy atom. The van der Waals surface area contributed by atoms with Crippen LogP contribution in [0.2, 0.25) is 0 Å². The fraction of sp³-hybridized carbons (Fsp3) is 0.850. The van der Waals surface area contributed by atoms with Crippen LogP contribution in [0.15, 0.2) is 0 Å². The maximum atomic E-state index is 12.6. The molecule has 3 rings (SSSR count). The van der Waals surface area contributed by atoms with Crippen LogP contribution in [-0.2, 0) is 19.1 Å². The minimum atomic E-state index is -0.830. The highest BCUT2D eigenvalue weighted by Gasteiger charge is 2.30. The van der Waals surface area contributed by atoms with Crippen molar-refractivity contribution in [2.24, 2.45) is 5.92 Å². The van der Waals surface area contributed by atoms with Crippen molar-refractivity contribution in [2.75, 3.05) is 58.9 Å². The summed E-state index contributed by atoms with van der Waals surface area (Å²) in [4.78, 5) is 41.0. The van der Waals surface area contributed by atoms with Gasteiger partial charge in [-0.05, 0) is 58.8 Å². The first-order valence-corrected chi connectivity index (χ1v) is 11.0. The third kappa shape index (κ3) is 8.38. The van der Waals surface area contributed by atoms with E-state index in [0.29, 0.717) is 19.1 Å². The lowest BCUT2D eigenvalue weighted by Crippen LogP contribution is -2.55. The SMILES string of the molecule is CC(OC(=O)CNC(=O)C1CCNCC1)C(=O)N1CCN(C2CCNCC2)CC1.Cl.Cl. The van der Waals surface area contributed by atoms with Crippen LogP contribution < -0.4 is 16.0 Å². The van der Waals surface area contributed by atoms with Crippen molar-refractivity contribution in [1.82, 2.24) is 25.8 Å². The fourth-order valence-electron chi connectivity index (χ4n) is 4.41. The first kappa shape index (κ1) is 27.9. The van der Waals surface area contributed by atoms with Crippen LogP contribution in [0, 0.1) is 5.92 Å². The summed E-state index contributed by atoms with van der Waals surface area (Å²) in [5.41, 5.74) is 0. The van der Waals surface area contributed by atoms with E-state index in [-0.39, 0.29) is 49.1 Å². The van der Waals surface area contributed by atoms with Gasteiger partial charge in [-0.2, -0.15) is 0 Å². The van der Waals surface area contributed by atoms with E-state index >= 15 is 0 Å². The van der Waals surface area contributed by atoms with E-state index in [0.717, 1.165) is 65.0 Å². The zero-order valence-corrected chi connectivity index (χ0v) is 19.9. The molecule has 0 aromatic rings. The molecule has 3 saturated heterocycles. The quantitative estimate of drug-likeness (QED) is 0.450. The van der Waals surface area contributed by atoms with Crippen LogP contribution >= 0.6 is 24.8 Å². The first-order valence-electron chi connectivity index (χ1n) is 11.0. The van der Waals surface area contributed by atoms with Gasteiger partial charge in [0.15, 0.2) is 6.10 Å². The zero-order chi connectivity index (χ0) is 20.6. The summed E-state index contributed by atoms with van der Waals surface area (Å²) < 4.78 is 5.27. The highest BCUT2D eigenvalue weighted by molar-refractivity contribution is 5.86. The minimum absolute atomic E-state index is 0. The van der Waals surface area contributed by atoms with Gasteiger partial charge in [0.25, 0.3) is 5.91 Å². The van der Waals surface area contributed by atoms with Gasteiger partial charge in [-0.3, -0.25) is 19.3 Å². The summed E-state index contributed by atoms with van der Waals surface area (Å²) >= 11 is 0. The van der Waals surface area contributed by atoms with E-state index in [1.807, 2.05) is 0 Å². The maximum Gasteiger partial charge on any atom is 0.326 e. The van der Waals surface area contributed by atoms with Crippen LogP contribution in [0.25, 0.3) is 0 Å². The molecule has 0 aromatic carbocycles. The van der Waals surface area contributed by atoms with Crippen LogP contribution in [0.3, 0.4) is 0 Å². The minimum Gasteiger partial charge on any atom is -0.451 e. The molecule has 11 heteroatoms. The topological polar surface area (TPSA) is 103 Å². The van der Waals surface area contributed by atoms with Gasteiger partial charge >= 0.3 is 5.97 Å². The number of esters is 1. The smallest absolute Gasteiger partial charge is 0.326 e. The number of halogens is 2. The summed E-state index contributed by atoms with van der Waals surface area (Å²) in [5.74, 6) is -0.898. The fourth-order valence-corrected chi connectivity index (χ4v) is 4.41. The normalized spacial score (nSPS) is 21.9. The van der Waals surface area contributed by atoms with Gasteiger partial charge in [0.2, 0.25) is 5.91 Å². The Kier molecular flexibility index (Phi) is 12.7. The van der Waals surface area contributed by atoms with Gasteiger partial charge in [0.05, 0.1) is 0 Å². The molecule has 31 heavy (non-hydrogen) atoms. The van der Waals surface area contributed by atoms with E-state index in [4.69, 9.17) is 4.74 Å². The summed E-state index contributed by atoms with van der Waals surface area (Å²) in [6.45, 7) is 8.23. The Labute approximate surface area is 197 Å². The number of carbonyl (C=O) groups is 3. The first-order chi connectivity index (χ1) is 14.0. The predicted molar refractivity (Wildman–Crippen MR) is 123 cm³/mol. The molecule has 0 aliphatic carbocycles. The van der Waals surface area contributed by atoms with Crippen molar-refractivity contribution in [3.63, 3.8) is 0 Å². The maximum absolute atomic E-state index is 12.6. The second-order valence-electron chi connectivity index (χ2n) is 8.22. The molecule has 3 N–H and O–H groups in total. The number of rotatable bonds is 6. The molecule has 3 aliphatic rings. The summed E-state index contributed by atoms with van der Waals surface area (Å²) in [6, 6.07) is 0.604. The highest BCUT2D eigenvalue weighted by Crippen LogP contribution is 2.15. The van der Waals surface area contributed by atoms with Gasteiger partial charge in [-0.15, -0.1) is 24.8 Å². The zero-order valence-electron chi connectivity index (χ0n) is 18.3. The molecule has 1 atom stereocenters. The molecule has 0 saturated carbocycles. The van der Waals surface area contributed by atoms with Gasteiger partial charge in [-0.25, -0.2) is 0 Å². The monoisotopic (exact) mass is 481 g/mol. The van der Waals surface area contributed by atoms with Crippen molar-refractivity contribution in [1.29, 1.82) is 0 Å². The van der Waals surface area contributed by atoms with Crippen LogP contribution in [0.5, 0.6) is 0 Å². The molecule has 0 aromatic heterocycles. The van der Waals surface area contributed by atoms with E-state index in [1.165, 1.54) is 0 Å². The lowest BCUT2D eigenvalue weighted by molar-refractivity contribution is -0.159. The van der Waals surface area contributed by atoms with Crippen molar-refractivity contribution >= 4 is 42.6 Å². The van der Waals surface area contributed by atoms with E-state index < -0.39 is 12.1 Å². The second kappa shape index (κ2) is 14.1. The number of piperazine rings is 1. The number of carbonyl (C=O) groups excluding carboxylic acids is 3. The summed E-state index contributed by atoms with van der Waals surface area (Å²) in [7, 11) is 0. The molecule has 0 bridgehead atoms. The molecule has 3 aliphatic heterocycles. The number of ether oxygens (including phenoxy) is 1. The van der Waals surface area contributed by atoms with Crippen LogP contribution in [-0.4, -0.2) is 98.6 Å². The van der Waals surface area contributed by atoms with Crippen LogP contribution in [0.1, 0.15) is 32.6 Å². The summed E-state index contributed by atoms with van der Waals surface area (Å²) in [5, 5.41) is 9.23. The van der Waals surface area contributed by atoms with Crippen molar-refractivity contribution in [2.45, 2.75) is 44.8 Å². The predicted octanol–water partition coefficient (Wildman–Crippen LogP) is -0.226. The molecule has 2 amide bonds. The molecule has 3 heterocycles. The van der Waals surface area contributed by atoms with E-state index in [1.54, 1.807) is 11.8 Å². The third-order valence-electron chi connectivity index (χ3n) is 6.22. The molecule has 180 valence electrons. The molecule has 0 radical (unpaired) electrons. The second-order valence-corrected chi connectivity index (χ2v) is 8.22. The average molecular weight is 482 g/mol. The molecule has 1 unspecified atom stereocenters. The van der Waals surface area contributed by atoms with Gasteiger partial charge in [0.1, 0.15) is 6.54 Å². The number of hydrogen-bond acceptors (Lipinski definition) is 7. The molecule has 3 fully saturated rings. The lowest BCUT2D eigenvalue weighted by atomic mass is 9.97. The number of nitrogens with zero attached hydrogens (tertiary/aromatic N) is 2. The Morgan fingerprint density at radius 1 is 0.935 bits per heavy atom. The van der Waals surface area contributed by atoms with Crippen LogP contribution in [0.4, 0.5) is 0 Å². The highest BCUT2D eigenvalue weighted by atomic mass is 35.5. The lowest BCUT2D eigenvalue weighted by Gasteiger charge is -2.41.